The van der Waals surface area contributed by atoms with Gasteiger partial charge in [-0.25, -0.2) is 4.98 Å². The molecular formula is C12H22N4O. The van der Waals surface area contributed by atoms with Gasteiger partial charge in [-0.05, 0) is 20.0 Å². The van der Waals surface area contributed by atoms with Crippen LogP contribution in [0.1, 0.15) is 6.42 Å². The summed E-state index contributed by atoms with van der Waals surface area (Å²) >= 11 is 0. The van der Waals surface area contributed by atoms with Crippen LogP contribution in [-0.2, 0) is 11.3 Å². The van der Waals surface area contributed by atoms with E-state index in [-0.39, 0.29) is 0 Å². The number of hydrogen-bond acceptors (Lipinski definition) is 4. The van der Waals surface area contributed by atoms with E-state index in [4.69, 9.17) is 4.74 Å². The number of nitrogens with one attached hydrogen (secondary N) is 1. The van der Waals surface area contributed by atoms with E-state index in [1.807, 2.05) is 18.7 Å². The average molecular weight is 238 g/mol. The van der Waals surface area contributed by atoms with E-state index in [1.165, 1.54) is 0 Å². The zero-order valence-corrected chi connectivity index (χ0v) is 10.5. The fourth-order valence-electron chi connectivity index (χ4n) is 2.12. The van der Waals surface area contributed by atoms with E-state index in [2.05, 4.69) is 26.8 Å². The number of ether oxygens (including phenoxy) is 1. The van der Waals surface area contributed by atoms with Gasteiger partial charge in [0, 0.05) is 38.6 Å². The lowest BCUT2D eigenvalue weighted by molar-refractivity contribution is 0.00981. The van der Waals surface area contributed by atoms with Gasteiger partial charge in [-0.15, -0.1) is 0 Å². The van der Waals surface area contributed by atoms with Crippen molar-refractivity contribution in [3.63, 3.8) is 0 Å². The van der Waals surface area contributed by atoms with Gasteiger partial charge in [0.05, 0.1) is 19.0 Å². The van der Waals surface area contributed by atoms with Crippen molar-refractivity contribution in [2.75, 3.05) is 39.8 Å². The van der Waals surface area contributed by atoms with Gasteiger partial charge < -0.3 is 19.5 Å². The SMILES string of the molecule is CN(CCCn1ccnc1)CC1CNCCO1. The number of rotatable bonds is 6. The minimum absolute atomic E-state index is 0.349. The monoisotopic (exact) mass is 238 g/mol. The number of likely N-dealkylation sites (N-methyl/N-ethyl adjacent to an activating group) is 1. The molecule has 1 fully saturated rings. The second-order valence-corrected chi connectivity index (χ2v) is 4.61. The summed E-state index contributed by atoms with van der Waals surface area (Å²) < 4.78 is 7.80. The standard InChI is InChI=1S/C12H22N4O/c1-15(10-12-9-13-4-8-17-12)5-2-6-16-7-3-14-11-16/h3,7,11-13H,2,4-6,8-10H2,1H3. The molecule has 0 amide bonds. The van der Waals surface area contributed by atoms with Crippen molar-refractivity contribution in [1.29, 1.82) is 0 Å². The van der Waals surface area contributed by atoms with Gasteiger partial charge in [0.2, 0.25) is 0 Å². The van der Waals surface area contributed by atoms with E-state index in [1.54, 1.807) is 0 Å². The van der Waals surface area contributed by atoms with Crippen molar-refractivity contribution < 1.29 is 4.74 Å². The third-order valence-corrected chi connectivity index (χ3v) is 3.04. The van der Waals surface area contributed by atoms with E-state index in [0.29, 0.717) is 6.10 Å². The highest BCUT2D eigenvalue weighted by atomic mass is 16.5. The first kappa shape index (κ1) is 12.5. The summed E-state index contributed by atoms with van der Waals surface area (Å²) in [4.78, 5) is 6.38. The van der Waals surface area contributed by atoms with E-state index < -0.39 is 0 Å². The van der Waals surface area contributed by atoms with Crippen LogP contribution < -0.4 is 5.32 Å². The van der Waals surface area contributed by atoms with Crippen LogP contribution in [0, 0.1) is 0 Å². The van der Waals surface area contributed by atoms with Crippen molar-refractivity contribution in [1.82, 2.24) is 19.8 Å². The molecule has 5 heteroatoms. The summed E-state index contributed by atoms with van der Waals surface area (Å²) in [6.45, 7) is 5.95. The topological polar surface area (TPSA) is 42.3 Å². The Bertz CT molecular complexity index is 295. The van der Waals surface area contributed by atoms with E-state index in [9.17, 15) is 0 Å². The summed E-state index contributed by atoms with van der Waals surface area (Å²) in [5, 5.41) is 3.35. The van der Waals surface area contributed by atoms with Crippen LogP contribution in [0.15, 0.2) is 18.7 Å². The molecule has 1 N–H and O–H groups in total. The largest absolute Gasteiger partial charge is 0.374 e. The zero-order chi connectivity index (χ0) is 11.9. The van der Waals surface area contributed by atoms with Gasteiger partial charge in [-0.2, -0.15) is 0 Å². The maximum absolute atomic E-state index is 5.68. The summed E-state index contributed by atoms with van der Waals surface area (Å²) in [5.74, 6) is 0. The normalized spacial score (nSPS) is 20.9. The molecule has 0 spiro atoms. The molecule has 5 nitrogen and oxygen atoms in total. The summed E-state index contributed by atoms with van der Waals surface area (Å²) in [6, 6.07) is 0. The molecule has 1 aromatic rings. The Labute approximate surface area is 103 Å². The average Bonchev–Trinajstić information content (AvgIpc) is 2.83. The third kappa shape index (κ3) is 4.46. The number of aromatic nitrogens is 2. The molecule has 2 heterocycles. The van der Waals surface area contributed by atoms with Crippen LogP contribution in [0.2, 0.25) is 0 Å². The van der Waals surface area contributed by atoms with Gasteiger partial charge in [0.1, 0.15) is 0 Å². The van der Waals surface area contributed by atoms with Crippen molar-refractivity contribution >= 4 is 0 Å². The molecule has 1 aliphatic rings. The summed E-state index contributed by atoms with van der Waals surface area (Å²) in [5.41, 5.74) is 0. The lowest BCUT2D eigenvalue weighted by Crippen LogP contribution is -2.44. The first-order valence-corrected chi connectivity index (χ1v) is 6.31. The van der Waals surface area contributed by atoms with E-state index >= 15 is 0 Å². The van der Waals surface area contributed by atoms with Crippen molar-refractivity contribution in [2.45, 2.75) is 19.1 Å². The molecule has 1 aliphatic heterocycles. The van der Waals surface area contributed by atoms with Crippen LogP contribution >= 0.6 is 0 Å². The second-order valence-electron chi connectivity index (χ2n) is 4.61. The lowest BCUT2D eigenvalue weighted by Gasteiger charge is -2.28. The minimum Gasteiger partial charge on any atom is -0.374 e. The maximum Gasteiger partial charge on any atom is 0.0945 e. The van der Waals surface area contributed by atoms with Crippen LogP contribution in [0.3, 0.4) is 0 Å². The quantitative estimate of drug-likeness (QED) is 0.768. The van der Waals surface area contributed by atoms with Crippen LogP contribution in [0.25, 0.3) is 0 Å². The molecule has 1 unspecified atom stereocenters. The van der Waals surface area contributed by atoms with Gasteiger partial charge in [0.15, 0.2) is 0 Å². The Hall–Kier alpha value is -0.910. The third-order valence-electron chi connectivity index (χ3n) is 3.04. The van der Waals surface area contributed by atoms with Gasteiger partial charge in [-0.3, -0.25) is 0 Å². The van der Waals surface area contributed by atoms with Crippen LogP contribution in [-0.4, -0.2) is 60.4 Å². The van der Waals surface area contributed by atoms with Crippen molar-refractivity contribution in [3.05, 3.63) is 18.7 Å². The summed E-state index contributed by atoms with van der Waals surface area (Å²) in [6.07, 6.45) is 7.20. The first-order chi connectivity index (χ1) is 8.34. The van der Waals surface area contributed by atoms with Gasteiger partial charge >= 0.3 is 0 Å². The Kier molecular flexibility index (Phi) is 4.97. The Morgan fingerprint density at radius 2 is 2.53 bits per heavy atom. The Morgan fingerprint density at radius 3 is 3.24 bits per heavy atom. The minimum atomic E-state index is 0.349. The summed E-state index contributed by atoms with van der Waals surface area (Å²) in [7, 11) is 2.16. The number of aryl methyl sites for hydroxylation is 1. The first-order valence-electron chi connectivity index (χ1n) is 6.31. The molecule has 0 aliphatic carbocycles. The Morgan fingerprint density at radius 1 is 1.59 bits per heavy atom. The maximum atomic E-state index is 5.68. The highest BCUT2D eigenvalue weighted by Crippen LogP contribution is 2.00. The molecule has 17 heavy (non-hydrogen) atoms. The molecule has 96 valence electrons. The fraction of sp³-hybridized carbons (Fsp3) is 0.750. The highest BCUT2D eigenvalue weighted by Gasteiger charge is 2.14. The van der Waals surface area contributed by atoms with Gasteiger partial charge in [0.25, 0.3) is 0 Å². The van der Waals surface area contributed by atoms with Crippen LogP contribution in [0.4, 0.5) is 0 Å². The molecular weight excluding hydrogens is 216 g/mol. The zero-order valence-electron chi connectivity index (χ0n) is 10.5. The molecule has 0 bridgehead atoms. The molecule has 0 aromatic carbocycles. The Balaban J connectivity index is 1.58. The number of imidazole rings is 1. The van der Waals surface area contributed by atoms with Gasteiger partial charge in [-0.1, -0.05) is 0 Å². The molecule has 1 atom stereocenters. The number of hydrogen-bond donors (Lipinski definition) is 1. The molecule has 2 rings (SSSR count). The molecule has 1 saturated heterocycles. The molecule has 0 saturated carbocycles. The number of nitrogens with zero attached hydrogens (tertiary/aromatic N) is 3. The molecule has 0 radical (unpaired) electrons. The lowest BCUT2D eigenvalue weighted by atomic mass is 10.3. The fourth-order valence-corrected chi connectivity index (χ4v) is 2.12. The smallest absolute Gasteiger partial charge is 0.0945 e. The second kappa shape index (κ2) is 6.74. The van der Waals surface area contributed by atoms with Crippen molar-refractivity contribution in [2.24, 2.45) is 0 Å². The predicted molar refractivity (Wildman–Crippen MR) is 67.0 cm³/mol. The molecule has 1 aromatic heterocycles. The van der Waals surface area contributed by atoms with Crippen LogP contribution in [0.5, 0.6) is 0 Å². The van der Waals surface area contributed by atoms with E-state index in [0.717, 1.165) is 45.8 Å². The highest BCUT2D eigenvalue weighted by molar-refractivity contribution is 4.74. The predicted octanol–water partition coefficient (Wildman–Crippen LogP) is 0.193. The van der Waals surface area contributed by atoms with Crippen molar-refractivity contribution in [3.8, 4) is 0 Å². The number of morpholine rings is 1.